The summed E-state index contributed by atoms with van der Waals surface area (Å²) in [7, 11) is 0. The molecule has 4 heteroatoms. The van der Waals surface area contributed by atoms with Crippen LogP contribution in [0.3, 0.4) is 0 Å². The monoisotopic (exact) mass is 323 g/mol. The van der Waals surface area contributed by atoms with Gasteiger partial charge in [-0.05, 0) is 12.8 Å². The van der Waals surface area contributed by atoms with Gasteiger partial charge in [-0.25, -0.2) is 4.79 Å². The van der Waals surface area contributed by atoms with Crippen molar-refractivity contribution in [2.75, 3.05) is 6.61 Å². The molecular formula is C19H33NO3. The normalized spacial score (nSPS) is 31.7. The molecule has 0 aromatic heterocycles. The lowest BCUT2D eigenvalue weighted by molar-refractivity contribution is 0.131. The minimum absolute atomic E-state index is 0.110. The highest BCUT2D eigenvalue weighted by Gasteiger charge is 2.58. The number of amides is 1. The van der Waals surface area contributed by atoms with E-state index < -0.39 is 0 Å². The number of cyclic esters (lactones) is 1. The number of hydrogen-bond donors (Lipinski definition) is 0. The van der Waals surface area contributed by atoms with E-state index >= 15 is 0 Å². The van der Waals surface area contributed by atoms with Crippen molar-refractivity contribution in [2.24, 2.45) is 0 Å². The second kappa shape index (κ2) is 8.36. The predicted octanol–water partition coefficient (Wildman–Crippen LogP) is 4.66. The number of piperidine rings is 1. The largest absolute Gasteiger partial charge is 0.447 e. The topological polar surface area (TPSA) is 42.1 Å². The van der Waals surface area contributed by atoms with Gasteiger partial charge in [0.2, 0.25) is 0 Å². The highest BCUT2D eigenvalue weighted by molar-refractivity contribution is 5.71. The van der Waals surface area contributed by atoms with E-state index in [-0.39, 0.29) is 18.2 Å². The molecule has 3 fully saturated rings. The van der Waals surface area contributed by atoms with Crippen LogP contribution >= 0.6 is 0 Å². The van der Waals surface area contributed by atoms with Crippen LogP contribution in [0.25, 0.3) is 0 Å². The first-order chi connectivity index (χ1) is 11.3. The smallest absolute Gasteiger partial charge is 0.410 e. The second-order valence-corrected chi connectivity index (χ2v) is 7.55. The highest BCUT2D eigenvalue weighted by Crippen LogP contribution is 2.42. The number of epoxide rings is 1. The number of carbonyl (C=O) groups is 1. The molecule has 3 saturated heterocycles. The standard InChI is InChI=1S/C19H33NO3/c1-2-3-4-5-6-7-8-9-10-11-12-15-13-17-18(23-17)16-14-22-19(21)20(15)16/h15-18H,2-14H2,1H3/t15-,16-,17-,18+/m0/s1. The molecule has 0 spiro atoms. The molecule has 0 radical (unpaired) electrons. The zero-order valence-electron chi connectivity index (χ0n) is 14.7. The maximum absolute atomic E-state index is 11.9. The van der Waals surface area contributed by atoms with Crippen LogP contribution in [0.2, 0.25) is 0 Å². The summed E-state index contributed by atoms with van der Waals surface area (Å²) < 4.78 is 10.9. The Balaban J connectivity index is 1.24. The number of nitrogens with zero attached hydrogens (tertiary/aromatic N) is 1. The van der Waals surface area contributed by atoms with Crippen LogP contribution in [0, 0.1) is 0 Å². The van der Waals surface area contributed by atoms with E-state index in [4.69, 9.17) is 9.47 Å². The quantitative estimate of drug-likeness (QED) is 0.410. The van der Waals surface area contributed by atoms with Crippen LogP contribution in [0.5, 0.6) is 0 Å². The van der Waals surface area contributed by atoms with Gasteiger partial charge in [0.1, 0.15) is 12.7 Å². The van der Waals surface area contributed by atoms with Crippen molar-refractivity contribution in [3.8, 4) is 0 Å². The van der Waals surface area contributed by atoms with Crippen LogP contribution in [0.4, 0.5) is 4.79 Å². The Morgan fingerprint density at radius 1 is 1.00 bits per heavy atom. The summed E-state index contributed by atoms with van der Waals surface area (Å²) in [5.41, 5.74) is 0. The van der Waals surface area contributed by atoms with E-state index in [0.29, 0.717) is 18.8 Å². The van der Waals surface area contributed by atoms with Gasteiger partial charge in [-0.1, -0.05) is 71.1 Å². The lowest BCUT2D eigenvalue weighted by atomic mass is 9.93. The summed E-state index contributed by atoms with van der Waals surface area (Å²) >= 11 is 0. The highest BCUT2D eigenvalue weighted by atomic mass is 16.6. The number of unbranched alkanes of at least 4 members (excludes halogenated alkanes) is 9. The van der Waals surface area contributed by atoms with Gasteiger partial charge in [-0.2, -0.15) is 0 Å². The van der Waals surface area contributed by atoms with E-state index in [1.165, 1.54) is 64.2 Å². The van der Waals surface area contributed by atoms with Gasteiger partial charge >= 0.3 is 6.09 Å². The Kier molecular flexibility index (Phi) is 6.21. The molecule has 132 valence electrons. The fourth-order valence-corrected chi connectivity index (χ4v) is 4.31. The molecule has 3 rings (SSSR count). The van der Waals surface area contributed by atoms with Crippen LogP contribution in [-0.4, -0.2) is 41.9 Å². The molecule has 3 aliphatic heterocycles. The number of hydrogen-bond acceptors (Lipinski definition) is 3. The zero-order valence-corrected chi connectivity index (χ0v) is 14.7. The Hall–Kier alpha value is -0.770. The minimum Gasteiger partial charge on any atom is -0.447 e. The zero-order chi connectivity index (χ0) is 16.1. The van der Waals surface area contributed by atoms with Crippen molar-refractivity contribution < 1.29 is 14.3 Å². The molecule has 0 aromatic carbocycles. The lowest BCUT2D eigenvalue weighted by Crippen LogP contribution is -2.49. The number of carbonyl (C=O) groups excluding carboxylic acids is 1. The Bertz CT molecular complexity index is 387. The Morgan fingerprint density at radius 2 is 1.65 bits per heavy atom. The first-order valence-electron chi connectivity index (χ1n) is 9.92. The van der Waals surface area contributed by atoms with Gasteiger partial charge < -0.3 is 9.47 Å². The summed E-state index contributed by atoms with van der Waals surface area (Å²) in [6, 6.07) is 0.558. The molecule has 0 unspecified atom stereocenters. The van der Waals surface area contributed by atoms with E-state index in [1.807, 2.05) is 4.90 Å². The van der Waals surface area contributed by atoms with Crippen molar-refractivity contribution in [1.29, 1.82) is 0 Å². The summed E-state index contributed by atoms with van der Waals surface area (Å²) in [6.07, 6.45) is 16.3. The van der Waals surface area contributed by atoms with E-state index in [2.05, 4.69) is 6.92 Å². The molecule has 4 atom stereocenters. The SMILES string of the molecule is CCCCCCCCCCCC[C@H]1C[C@@H]2O[C@@H]2[C@@H]2COC(=O)N12. The van der Waals surface area contributed by atoms with E-state index in [9.17, 15) is 4.79 Å². The third-order valence-corrected chi connectivity index (χ3v) is 5.74. The summed E-state index contributed by atoms with van der Waals surface area (Å²) in [5, 5.41) is 0. The summed E-state index contributed by atoms with van der Waals surface area (Å²) in [4.78, 5) is 13.9. The molecule has 23 heavy (non-hydrogen) atoms. The fourth-order valence-electron chi connectivity index (χ4n) is 4.31. The first-order valence-corrected chi connectivity index (χ1v) is 9.92. The summed E-state index contributed by atoms with van der Waals surface area (Å²) in [5.74, 6) is 0. The minimum atomic E-state index is -0.110. The Labute approximate surface area is 140 Å². The van der Waals surface area contributed by atoms with Crippen molar-refractivity contribution in [1.82, 2.24) is 4.90 Å². The van der Waals surface area contributed by atoms with Gasteiger partial charge in [-0.3, -0.25) is 4.90 Å². The van der Waals surface area contributed by atoms with Gasteiger partial charge in [0.25, 0.3) is 0 Å². The van der Waals surface area contributed by atoms with Crippen LogP contribution in [-0.2, 0) is 9.47 Å². The number of rotatable bonds is 11. The molecule has 0 saturated carbocycles. The molecule has 4 nitrogen and oxygen atoms in total. The lowest BCUT2D eigenvalue weighted by Gasteiger charge is -2.32. The number of fused-ring (bicyclic) bond motifs is 3. The second-order valence-electron chi connectivity index (χ2n) is 7.55. The van der Waals surface area contributed by atoms with Gasteiger partial charge in [0.15, 0.2) is 0 Å². The molecule has 0 N–H and O–H groups in total. The maximum Gasteiger partial charge on any atom is 0.410 e. The van der Waals surface area contributed by atoms with Gasteiger partial charge in [0, 0.05) is 6.04 Å². The maximum atomic E-state index is 11.9. The molecule has 1 amide bonds. The van der Waals surface area contributed by atoms with Crippen molar-refractivity contribution >= 4 is 6.09 Å². The Morgan fingerprint density at radius 3 is 2.35 bits per heavy atom. The van der Waals surface area contributed by atoms with Crippen LogP contribution in [0.15, 0.2) is 0 Å². The third-order valence-electron chi connectivity index (χ3n) is 5.74. The average Bonchev–Trinajstić information content (AvgIpc) is 3.23. The molecule has 0 aromatic rings. The van der Waals surface area contributed by atoms with Crippen LogP contribution < -0.4 is 0 Å². The molecule has 3 heterocycles. The van der Waals surface area contributed by atoms with E-state index in [0.717, 1.165) is 12.8 Å². The molecule has 3 aliphatic rings. The van der Waals surface area contributed by atoms with Crippen molar-refractivity contribution in [2.45, 2.75) is 108 Å². The van der Waals surface area contributed by atoms with Gasteiger partial charge in [-0.15, -0.1) is 0 Å². The van der Waals surface area contributed by atoms with Crippen molar-refractivity contribution in [3.63, 3.8) is 0 Å². The number of ether oxygens (including phenoxy) is 2. The molecular weight excluding hydrogens is 290 g/mol. The third kappa shape index (κ3) is 4.40. The average molecular weight is 323 g/mol. The first kappa shape index (κ1) is 17.1. The molecule has 0 aliphatic carbocycles. The summed E-state index contributed by atoms with van der Waals surface area (Å²) in [6.45, 7) is 2.81. The van der Waals surface area contributed by atoms with Gasteiger partial charge in [0.05, 0.1) is 12.1 Å². The van der Waals surface area contributed by atoms with Crippen LogP contribution in [0.1, 0.15) is 84.0 Å². The predicted molar refractivity (Wildman–Crippen MR) is 90.5 cm³/mol. The molecule has 0 bridgehead atoms. The van der Waals surface area contributed by atoms with Crippen molar-refractivity contribution in [3.05, 3.63) is 0 Å². The van der Waals surface area contributed by atoms with E-state index in [1.54, 1.807) is 0 Å². The fraction of sp³-hybridized carbons (Fsp3) is 0.947.